The molecule has 3 N–H and O–H groups in total. The van der Waals surface area contributed by atoms with Crippen LogP contribution in [-0.4, -0.2) is 83.3 Å². The molecule has 0 spiro atoms. The maximum Gasteiger partial charge on any atom is 0.459 e. The number of nitrogens with zero attached hydrogens (tertiary/aromatic N) is 4. The Hall–Kier alpha value is -4.37. The van der Waals surface area contributed by atoms with Gasteiger partial charge in [-0.1, -0.05) is 67.5 Å². The monoisotopic (exact) mass is 772 g/mol. The zero-order chi connectivity index (χ0) is 40.0. The number of aromatic nitrogens is 3. The Labute approximate surface area is 316 Å². The van der Waals surface area contributed by atoms with Crippen LogP contribution >= 0.6 is 7.75 Å². The first-order chi connectivity index (χ1) is 25.4. The normalized spacial score (nSPS) is 21.8. The van der Waals surface area contributed by atoms with Crippen LogP contribution in [0.3, 0.4) is 0 Å². The summed E-state index contributed by atoms with van der Waals surface area (Å²) in [6.45, 7) is 19.2. The van der Waals surface area contributed by atoms with Crippen LogP contribution in [0.1, 0.15) is 80.0 Å². The summed E-state index contributed by atoms with van der Waals surface area (Å²) in [5.74, 6) is -2.75. The van der Waals surface area contributed by atoms with Crippen LogP contribution in [0.15, 0.2) is 47.7 Å². The van der Waals surface area contributed by atoms with Crippen LogP contribution in [0.4, 0.5) is 5.82 Å². The third-order valence-corrected chi connectivity index (χ3v) is 10.3. The quantitative estimate of drug-likeness (QED) is 0.0786. The van der Waals surface area contributed by atoms with Gasteiger partial charge in [-0.2, -0.15) is 10.2 Å². The number of fused-ring (bicyclic) bond motifs is 1. The molecule has 3 aromatic rings. The molecule has 4 rings (SSSR count). The van der Waals surface area contributed by atoms with Gasteiger partial charge >= 0.3 is 25.7 Å². The van der Waals surface area contributed by atoms with Gasteiger partial charge in [0.25, 0.3) is 0 Å². The molecular formula is C37H53N6O10P. The number of hydrogen-bond donors (Lipinski definition) is 2. The maximum atomic E-state index is 14.6. The Kier molecular flexibility index (Phi) is 13.7. The Morgan fingerprint density at radius 1 is 1.04 bits per heavy atom. The van der Waals surface area contributed by atoms with E-state index in [0.717, 1.165) is 5.56 Å². The molecule has 16 nitrogen and oxygen atoms in total. The zero-order valence-corrected chi connectivity index (χ0v) is 33.3. The molecule has 296 valence electrons. The van der Waals surface area contributed by atoms with Gasteiger partial charge in [0.2, 0.25) is 0 Å². The Morgan fingerprint density at radius 3 is 2.28 bits per heavy atom. The summed E-state index contributed by atoms with van der Waals surface area (Å²) in [7, 11) is -4.45. The van der Waals surface area contributed by atoms with Gasteiger partial charge in [0.1, 0.15) is 29.7 Å². The lowest BCUT2D eigenvalue weighted by atomic mass is 9.87. The number of anilines is 1. The van der Waals surface area contributed by atoms with Gasteiger partial charge in [0.15, 0.2) is 23.6 Å². The highest BCUT2D eigenvalue weighted by atomic mass is 31.2. The van der Waals surface area contributed by atoms with Crippen LogP contribution in [0.2, 0.25) is 0 Å². The first-order valence-corrected chi connectivity index (χ1v) is 19.5. The molecule has 0 aliphatic carbocycles. The number of nitrogens with two attached hydrogens (primary N) is 1. The number of aliphatic imine (C=N–C) groups is 1. The number of hydrogen-bond acceptors (Lipinski definition) is 14. The second-order valence-corrected chi connectivity index (χ2v) is 16.5. The lowest BCUT2D eigenvalue weighted by Crippen LogP contribution is -2.49. The number of carbonyl (C=O) groups is 3. The Morgan fingerprint density at radius 2 is 1.69 bits per heavy atom. The van der Waals surface area contributed by atoms with Crippen molar-refractivity contribution < 1.29 is 46.9 Å². The van der Waals surface area contributed by atoms with E-state index in [1.54, 1.807) is 52.0 Å². The predicted octanol–water partition coefficient (Wildman–Crippen LogP) is 5.17. The largest absolute Gasteiger partial charge is 0.465 e. The van der Waals surface area contributed by atoms with Gasteiger partial charge < -0.3 is 29.2 Å². The van der Waals surface area contributed by atoms with Crippen molar-refractivity contribution in [2.75, 3.05) is 25.5 Å². The highest BCUT2D eigenvalue weighted by Gasteiger charge is 2.62. The molecule has 1 aliphatic heterocycles. The van der Waals surface area contributed by atoms with Crippen molar-refractivity contribution in [1.82, 2.24) is 19.7 Å². The van der Waals surface area contributed by atoms with Crippen molar-refractivity contribution in [3.63, 3.8) is 0 Å². The van der Waals surface area contributed by atoms with E-state index in [4.69, 9.17) is 33.7 Å². The van der Waals surface area contributed by atoms with Gasteiger partial charge in [0.05, 0.1) is 37.3 Å². The maximum absolute atomic E-state index is 14.6. The smallest absolute Gasteiger partial charge is 0.459 e. The molecule has 0 bridgehead atoms. The second-order valence-electron chi connectivity index (χ2n) is 14.8. The molecule has 1 fully saturated rings. The standard InChI is InChI=1S/C37H53N6O10P/c1-11-18-48-35(46)24(6)42-54(47,53-26-14-12-25(13-15-26)36(7,8)9)49-19-28-30(50-33(44)22(2)3)31(51-34(45)23(4)5)37(52-28,20-39-10)29-17-16-27-32(38)40-21-41-43(27)29/h12-17,21-24,28,30-31H,10-11,18-20H2,1-9H3,(H,42,47)(H2,38,40,41)/t24-,28+,30+,31+,37-,54?/m0/s1. The lowest BCUT2D eigenvalue weighted by molar-refractivity contribution is -0.175. The molecule has 54 heavy (non-hydrogen) atoms. The molecule has 1 saturated heterocycles. The van der Waals surface area contributed by atoms with E-state index < -0.39 is 74.1 Å². The third-order valence-electron chi connectivity index (χ3n) is 8.69. The molecule has 6 atom stereocenters. The van der Waals surface area contributed by atoms with Gasteiger partial charge in [0, 0.05) is 0 Å². The molecule has 0 saturated carbocycles. The van der Waals surface area contributed by atoms with Crippen molar-refractivity contribution in [2.45, 2.75) is 104 Å². The highest BCUT2D eigenvalue weighted by molar-refractivity contribution is 7.52. The fraction of sp³-hybridized carbons (Fsp3) is 0.568. The molecule has 1 aliphatic rings. The number of esters is 3. The van der Waals surface area contributed by atoms with E-state index in [9.17, 15) is 18.9 Å². The Balaban J connectivity index is 1.81. The summed E-state index contributed by atoms with van der Waals surface area (Å²) in [5, 5.41) is 7.05. The molecule has 3 heterocycles. The summed E-state index contributed by atoms with van der Waals surface area (Å²) in [5.41, 5.74) is 6.07. The van der Waals surface area contributed by atoms with Crippen LogP contribution in [0, 0.1) is 11.8 Å². The van der Waals surface area contributed by atoms with Crippen LogP contribution in [0.5, 0.6) is 5.75 Å². The second kappa shape index (κ2) is 17.4. The molecule has 1 aromatic carbocycles. The van der Waals surface area contributed by atoms with Gasteiger partial charge in [-0.25, -0.2) is 14.1 Å². The number of benzene rings is 1. The number of nitrogen functional groups attached to an aromatic ring is 1. The summed E-state index contributed by atoms with van der Waals surface area (Å²) in [6.07, 6.45) is -2.10. The van der Waals surface area contributed by atoms with E-state index >= 15 is 0 Å². The van der Waals surface area contributed by atoms with Crippen molar-refractivity contribution in [3.05, 3.63) is 54.0 Å². The van der Waals surface area contributed by atoms with Crippen molar-refractivity contribution >= 4 is 43.7 Å². The van der Waals surface area contributed by atoms with Crippen LogP contribution in [-0.2, 0) is 53.4 Å². The molecule has 17 heteroatoms. The first kappa shape index (κ1) is 42.4. The van der Waals surface area contributed by atoms with Crippen LogP contribution < -0.4 is 15.3 Å². The van der Waals surface area contributed by atoms with E-state index in [1.807, 2.05) is 19.1 Å². The topological polar surface area (TPSA) is 204 Å². The lowest BCUT2D eigenvalue weighted by Gasteiger charge is -2.33. The number of nitrogens with one attached hydrogen (secondary N) is 1. The number of carbonyl (C=O) groups excluding carboxylic acids is 3. The molecule has 1 unspecified atom stereocenters. The summed E-state index contributed by atoms with van der Waals surface area (Å²) in [4.78, 5) is 47.7. The fourth-order valence-corrected chi connectivity index (χ4v) is 7.21. The Bertz CT molecular complexity index is 1840. The van der Waals surface area contributed by atoms with Gasteiger partial charge in [-0.3, -0.25) is 23.9 Å². The molecular weight excluding hydrogens is 719 g/mol. The minimum Gasteiger partial charge on any atom is -0.465 e. The highest BCUT2D eigenvalue weighted by Crippen LogP contribution is 2.49. The van der Waals surface area contributed by atoms with E-state index in [2.05, 4.69) is 47.7 Å². The average molecular weight is 773 g/mol. The average Bonchev–Trinajstić information content (AvgIpc) is 3.67. The van der Waals surface area contributed by atoms with E-state index in [0.29, 0.717) is 17.6 Å². The van der Waals surface area contributed by atoms with Crippen molar-refractivity contribution in [3.8, 4) is 5.75 Å². The number of ether oxygens (including phenoxy) is 4. The van der Waals surface area contributed by atoms with Crippen molar-refractivity contribution in [2.24, 2.45) is 16.8 Å². The van der Waals surface area contributed by atoms with Crippen molar-refractivity contribution in [1.29, 1.82) is 0 Å². The number of rotatable bonds is 17. The SMILES string of the molecule is C=NC[C@@]1(c2ccc3c(N)ncnn23)O[C@H](COP(=O)(N[C@@H](C)C(=O)OCCC)Oc2ccc(C(C)(C)C)cc2)[C@@H](OC(=O)C(C)C)[C@H]1OC(=O)C(C)C. The van der Waals surface area contributed by atoms with Gasteiger partial charge in [-0.15, -0.1) is 0 Å². The van der Waals surface area contributed by atoms with E-state index in [-0.39, 0.29) is 30.1 Å². The van der Waals surface area contributed by atoms with E-state index in [1.165, 1.54) is 17.8 Å². The molecule has 2 aromatic heterocycles. The van der Waals surface area contributed by atoms with Crippen LogP contribution in [0.25, 0.3) is 5.52 Å². The fourth-order valence-electron chi connectivity index (χ4n) is 5.71. The summed E-state index contributed by atoms with van der Waals surface area (Å²) < 4.78 is 52.3. The minimum atomic E-state index is -4.45. The van der Waals surface area contributed by atoms with Gasteiger partial charge in [-0.05, 0) is 55.3 Å². The first-order valence-electron chi connectivity index (χ1n) is 17.9. The third kappa shape index (κ3) is 9.64. The molecule has 0 radical (unpaired) electrons. The summed E-state index contributed by atoms with van der Waals surface area (Å²) in [6, 6.07) is 9.15. The molecule has 0 amide bonds. The minimum absolute atomic E-state index is 0.158. The zero-order valence-electron chi connectivity index (χ0n) is 32.4. The summed E-state index contributed by atoms with van der Waals surface area (Å²) >= 11 is 0. The predicted molar refractivity (Wildman–Crippen MR) is 201 cm³/mol.